The number of ketones is 1. The Morgan fingerprint density at radius 2 is 1.44 bits per heavy atom. The maximum Gasteiger partial charge on any atom is 0.305 e. The molecule has 1 heterocycles. The van der Waals surface area contributed by atoms with Crippen LogP contribution in [0.25, 0.3) is 22.4 Å². The standard InChI is InChI=1S/C35H36N2O6/c1-4-42-31-18-16-27(22-32(31)43-5-2)30(38)17-19-34(39)37-33-23-28(21-29(36-33)26-9-7-6-8-10-26)25-14-11-24(12-15-25)13-20-35(40)41-3/h6-12,14-16,18,21-23H,4-5,13,17,19-20H2,1-3H3,(H,36,37,39). The highest BCUT2D eigenvalue weighted by Gasteiger charge is 2.15. The Bertz CT molecular complexity index is 1550. The molecule has 0 bridgehead atoms. The third kappa shape index (κ3) is 8.75. The normalized spacial score (nSPS) is 10.6. The van der Waals surface area contributed by atoms with Crippen molar-refractivity contribution in [2.24, 2.45) is 0 Å². The second-order valence-electron chi connectivity index (χ2n) is 9.76. The van der Waals surface area contributed by atoms with E-state index in [-0.39, 0.29) is 30.5 Å². The van der Waals surface area contributed by atoms with E-state index in [1.54, 1.807) is 18.2 Å². The molecule has 8 nitrogen and oxygen atoms in total. The lowest BCUT2D eigenvalue weighted by Crippen LogP contribution is -2.15. The topological polar surface area (TPSA) is 104 Å². The van der Waals surface area contributed by atoms with E-state index in [0.717, 1.165) is 22.3 Å². The van der Waals surface area contributed by atoms with Crippen LogP contribution in [0.3, 0.4) is 0 Å². The van der Waals surface area contributed by atoms with Gasteiger partial charge < -0.3 is 19.5 Å². The number of ether oxygens (including phenoxy) is 3. The van der Waals surface area contributed by atoms with Gasteiger partial charge in [-0.1, -0.05) is 54.6 Å². The zero-order chi connectivity index (χ0) is 30.6. The Hall–Kier alpha value is -4.98. The maximum absolute atomic E-state index is 13.0. The number of nitrogens with zero attached hydrogens (tertiary/aromatic N) is 1. The van der Waals surface area contributed by atoms with Gasteiger partial charge in [-0.15, -0.1) is 0 Å². The first-order valence-electron chi connectivity index (χ1n) is 14.4. The fourth-order valence-electron chi connectivity index (χ4n) is 4.53. The predicted molar refractivity (Wildman–Crippen MR) is 166 cm³/mol. The zero-order valence-corrected chi connectivity index (χ0v) is 24.7. The predicted octanol–water partition coefficient (Wildman–Crippen LogP) is 6.92. The van der Waals surface area contributed by atoms with Crippen LogP contribution >= 0.6 is 0 Å². The molecular weight excluding hydrogens is 544 g/mol. The number of Topliss-reactive ketones (excluding diaryl/α,β-unsaturated/α-hetero) is 1. The van der Waals surface area contributed by atoms with E-state index in [0.29, 0.717) is 54.6 Å². The summed E-state index contributed by atoms with van der Waals surface area (Å²) in [5.74, 6) is 0.746. The zero-order valence-electron chi connectivity index (χ0n) is 24.7. The van der Waals surface area contributed by atoms with Gasteiger partial charge in [0.1, 0.15) is 5.82 Å². The van der Waals surface area contributed by atoms with Crippen molar-refractivity contribution in [3.8, 4) is 33.9 Å². The summed E-state index contributed by atoms with van der Waals surface area (Å²) < 4.78 is 15.9. The molecule has 1 N–H and O–H groups in total. The van der Waals surface area contributed by atoms with Crippen molar-refractivity contribution >= 4 is 23.5 Å². The van der Waals surface area contributed by atoms with Gasteiger partial charge in [0.2, 0.25) is 5.91 Å². The molecule has 0 saturated heterocycles. The molecule has 1 aromatic heterocycles. The number of hydrogen-bond acceptors (Lipinski definition) is 7. The smallest absolute Gasteiger partial charge is 0.305 e. The molecule has 43 heavy (non-hydrogen) atoms. The monoisotopic (exact) mass is 580 g/mol. The minimum Gasteiger partial charge on any atom is -0.490 e. The molecule has 3 aromatic carbocycles. The van der Waals surface area contributed by atoms with E-state index < -0.39 is 0 Å². The number of carbonyl (C=O) groups excluding carboxylic acids is 3. The summed E-state index contributed by atoms with van der Waals surface area (Å²) in [5, 5.41) is 2.88. The van der Waals surface area contributed by atoms with Crippen molar-refractivity contribution in [1.29, 1.82) is 0 Å². The number of hydrogen-bond donors (Lipinski definition) is 1. The average Bonchev–Trinajstić information content (AvgIpc) is 3.04. The summed E-state index contributed by atoms with van der Waals surface area (Å²) >= 11 is 0. The van der Waals surface area contributed by atoms with Gasteiger partial charge in [0.25, 0.3) is 0 Å². The fraction of sp³-hybridized carbons (Fsp3) is 0.257. The van der Waals surface area contributed by atoms with Gasteiger partial charge in [0, 0.05) is 30.4 Å². The number of nitrogens with one attached hydrogen (secondary N) is 1. The number of rotatable bonds is 14. The van der Waals surface area contributed by atoms with Gasteiger partial charge in [-0.3, -0.25) is 14.4 Å². The van der Waals surface area contributed by atoms with Crippen LogP contribution in [-0.2, 0) is 20.7 Å². The molecular formula is C35H36N2O6. The van der Waals surface area contributed by atoms with Gasteiger partial charge >= 0.3 is 5.97 Å². The van der Waals surface area contributed by atoms with Crippen LogP contribution < -0.4 is 14.8 Å². The van der Waals surface area contributed by atoms with Crippen LogP contribution in [0.1, 0.15) is 49.0 Å². The minimum absolute atomic E-state index is 0.00250. The average molecular weight is 581 g/mol. The Morgan fingerprint density at radius 3 is 2.14 bits per heavy atom. The van der Waals surface area contributed by atoms with E-state index in [4.69, 9.17) is 19.2 Å². The van der Waals surface area contributed by atoms with E-state index in [2.05, 4.69) is 5.32 Å². The first-order chi connectivity index (χ1) is 20.9. The number of anilines is 1. The highest BCUT2D eigenvalue weighted by molar-refractivity contribution is 6.00. The molecule has 0 aliphatic carbocycles. The highest BCUT2D eigenvalue weighted by Crippen LogP contribution is 2.30. The lowest BCUT2D eigenvalue weighted by Gasteiger charge is -2.12. The number of esters is 1. The number of methoxy groups -OCH3 is 1. The molecule has 0 aliphatic heterocycles. The number of carbonyl (C=O) groups is 3. The maximum atomic E-state index is 13.0. The van der Waals surface area contributed by atoms with Crippen molar-refractivity contribution in [2.45, 2.75) is 39.5 Å². The molecule has 1 amide bonds. The first-order valence-corrected chi connectivity index (χ1v) is 14.4. The summed E-state index contributed by atoms with van der Waals surface area (Å²) in [5.41, 5.74) is 4.90. The van der Waals surface area contributed by atoms with Gasteiger partial charge in [0.15, 0.2) is 17.3 Å². The summed E-state index contributed by atoms with van der Waals surface area (Å²) in [4.78, 5) is 42.1. The molecule has 0 unspecified atom stereocenters. The summed E-state index contributed by atoms with van der Waals surface area (Å²) in [6.45, 7) is 4.67. The Kier molecular flexibility index (Phi) is 11.0. The van der Waals surface area contributed by atoms with Crippen LogP contribution in [0.15, 0.2) is 84.9 Å². The molecule has 0 fully saturated rings. The minimum atomic E-state index is -0.314. The molecule has 222 valence electrons. The van der Waals surface area contributed by atoms with Crippen LogP contribution in [-0.4, -0.2) is 43.0 Å². The number of aromatic nitrogens is 1. The summed E-state index contributed by atoms with van der Waals surface area (Å²) in [6.07, 6.45) is 0.928. The Balaban J connectivity index is 1.49. The van der Waals surface area contributed by atoms with Gasteiger partial charge in [0.05, 0.1) is 26.0 Å². The lowest BCUT2D eigenvalue weighted by molar-refractivity contribution is -0.140. The van der Waals surface area contributed by atoms with Gasteiger partial charge in [-0.05, 0) is 67.3 Å². The van der Waals surface area contributed by atoms with Crippen molar-refractivity contribution in [2.75, 3.05) is 25.6 Å². The molecule has 8 heteroatoms. The Labute approximate surface area is 252 Å². The van der Waals surface area contributed by atoms with E-state index >= 15 is 0 Å². The molecule has 0 radical (unpaired) electrons. The second-order valence-corrected chi connectivity index (χ2v) is 9.76. The quantitative estimate of drug-likeness (QED) is 0.128. The number of pyridine rings is 1. The fourth-order valence-corrected chi connectivity index (χ4v) is 4.53. The SMILES string of the molecule is CCOc1ccc(C(=O)CCC(=O)Nc2cc(-c3ccc(CCC(=O)OC)cc3)cc(-c3ccccc3)n2)cc1OCC. The number of aryl methyl sites for hydroxylation is 1. The van der Waals surface area contributed by atoms with Crippen LogP contribution in [0.2, 0.25) is 0 Å². The van der Waals surface area contributed by atoms with Crippen LogP contribution in [0.4, 0.5) is 5.82 Å². The largest absolute Gasteiger partial charge is 0.490 e. The van der Waals surface area contributed by atoms with E-state index in [1.165, 1.54) is 7.11 Å². The summed E-state index contributed by atoms with van der Waals surface area (Å²) in [6, 6.07) is 26.5. The first kappa shape index (κ1) is 31.0. The van der Waals surface area contributed by atoms with E-state index in [1.807, 2.05) is 80.6 Å². The van der Waals surface area contributed by atoms with Gasteiger partial charge in [-0.25, -0.2) is 4.98 Å². The van der Waals surface area contributed by atoms with Crippen LogP contribution in [0.5, 0.6) is 11.5 Å². The summed E-state index contributed by atoms with van der Waals surface area (Å²) in [7, 11) is 1.38. The highest BCUT2D eigenvalue weighted by atomic mass is 16.5. The van der Waals surface area contributed by atoms with Crippen LogP contribution in [0, 0.1) is 0 Å². The van der Waals surface area contributed by atoms with Crippen molar-refractivity contribution < 1.29 is 28.6 Å². The third-order valence-electron chi connectivity index (χ3n) is 6.74. The molecule has 0 spiro atoms. The second kappa shape index (κ2) is 15.3. The molecule has 0 saturated carbocycles. The number of benzene rings is 3. The molecule has 4 aromatic rings. The third-order valence-corrected chi connectivity index (χ3v) is 6.74. The molecule has 0 aliphatic rings. The number of amides is 1. The van der Waals surface area contributed by atoms with Gasteiger partial charge in [-0.2, -0.15) is 0 Å². The van der Waals surface area contributed by atoms with Crippen molar-refractivity contribution in [1.82, 2.24) is 4.98 Å². The van der Waals surface area contributed by atoms with E-state index in [9.17, 15) is 14.4 Å². The van der Waals surface area contributed by atoms with Crippen molar-refractivity contribution in [3.05, 3.63) is 96.1 Å². The lowest BCUT2D eigenvalue weighted by atomic mass is 10.0. The molecule has 4 rings (SSSR count). The van der Waals surface area contributed by atoms with Crippen molar-refractivity contribution in [3.63, 3.8) is 0 Å². The molecule has 0 atom stereocenters. The Morgan fingerprint density at radius 1 is 0.721 bits per heavy atom.